The fourth-order valence-corrected chi connectivity index (χ4v) is 4.07. The van der Waals surface area contributed by atoms with Gasteiger partial charge in [-0.3, -0.25) is 4.79 Å². The zero-order valence-corrected chi connectivity index (χ0v) is 14.6. The van der Waals surface area contributed by atoms with Crippen LogP contribution in [0.1, 0.15) is 50.5 Å². The first-order chi connectivity index (χ1) is 11.7. The Morgan fingerprint density at radius 1 is 1.12 bits per heavy atom. The number of amides is 1. The van der Waals surface area contributed by atoms with Crippen LogP contribution in [0, 0.1) is 0 Å². The fraction of sp³-hybridized carbons (Fsp3) is 0.650. The third-order valence-corrected chi connectivity index (χ3v) is 5.46. The molecule has 0 spiro atoms. The van der Waals surface area contributed by atoms with E-state index in [-0.39, 0.29) is 11.7 Å². The molecule has 2 fully saturated rings. The number of rotatable bonds is 6. The summed E-state index contributed by atoms with van der Waals surface area (Å²) in [6, 6.07) is 7.68. The first kappa shape index (κ1) is 17.3. The summed E-state index contributed by atoms with van der Waals surface area (Å²) in [6.45, 7) is 4.53. The van der Waals surface area contributed by atoms with Crippen molar-refractivity contribution < 1.29 is 9.90 Å². The maximum absolute atomic E-state index is 12.7. The van der Waals surface area contributed by atoms with Crippen molar-refractivity contribution in [3.63, 3.8) is 0 Å². The first-order valence-corrected chi connectivity index (χ1v) is 9.52. The lowest BCUT2D eigenvalue weighted by molar-refractivity contribution is -0.135. The van der Waals surface area contributed by atoms with Crippen molar-refractivity contribution in [1.82, 2.24) is 9.80 Å². The first-order valence-electron chi connectivity index (χ1n) is 9.52. The van der Waals surface area contributed by atoms with Crippen LogP contribution < -0.4 is 0 Å². The predicted octanol–water partition coefficient (Wildman–Crippen LogP) is 3.19. The Hall–Kier alpha value is -1.55. The standard InChI is InChI=1S/C20H30N2O2/c23-19-8-5-6-17(16-19)9-10-20(24)22-14-2-1-7-18(22)11-15-21-12-3-4-13-21/h5-6,8,16,18,23H,1-4,7,9-15H2. The molecule has 0 aromatic heterocycles. The number of piperidine rings is 1. The minimum Gasteiger partial charge on any atom is -0.508 e. The second-order valence-electron chi connectivity index (χ2n) is 7.24. The summed E-state index contributed by atoms with van der Waals surface area (Å²) in [5.41, 5.74) is 1.04. The summed E-state index contributed by atoms with van der Waals surface area (Å²) in [7, 11) is 0. The average molecular weight is 330 g/mol. The molecular weight excluding hydrogens is 300 g/mol. The molecule has 1 atom stereocenters. The van der Waals surface area contributed by atoms with Crippen LogP contribution in [0.3, 0.4) is 0 Å². The lowest BCUT2D eigenvalue weighted by Crippen LogP contribution is -2.45. The van der Waals surface area contributed by atoms with Gasteiger partial charge in [0.15, 0.2) is 0 Å². The molecule has 1 unspecified atom stereocenters. The van der Waals surface area contributed by atoms with Gasteiger partial charge < -0.3 is 14.9 Å². The molecule has 2 saturated heterocycles. The van der Waals surface area contributed by atoms with E-state index >= 15 is 0 Å². The molecule has 1 aromatic carbocycles. The van der Waals surface area contributed by atoms with Crippen molar-refractivity contribution in [2.75, 3.05) is 26.2 Å². The number of hydrogen-bond acceptors (Lipinski definition) is 3. The number of aryl methyl sites for hydroxylation is 1. The van der Waals surface area contributed by atoms with Crippen LogP contribution >= 0.6 is 0 Å². The number of phenolic OH excluding ortho intramolecular Hbond substituents is 1. The van der Waals surface area contributed by atoms with Crippen molar-refractivity contribution in [3.8, 4) is 5.75 Å². The molecule has 1 amide bonds. The van der Waals surface area contributed by atoms with E-state index in [1.807, 2.05) is 12.1 Å². The lowest BCUT2D eigenvalue weighted by atomic mass is 9.98. The number of benzene rings is 1. The number of nitrogens with zero attached hydrogens (tertiary/aromatic N) is 2. The number of aromatic hydroxyl groups is 1. The van der Waals surface area contributed by atoms with E-state index in [9.17, 15) is 9.90 Å². The summed E-state index contributed by atoms with van der Waals surface area (Å²) < 4.78 is 0. The minimum absolute atomic E-state index is 0.279. The summed E-state index contributed by atoms with van der Waals surface area (Å²) in [4.78, 5) is 17.4. The number of hydrogen-bond donors (Lipinski definition) is 1. The third kappa shape index (κ3) is 4.73. The molecular formula is C20H30N2O2. The Balaban J connectivity index is 1.50. The van der Waals surface area contributed by atoms with Crippen molar-refractivity contribution in [1.29, 1.82) is 0 Å². The topological polar surface area (TPSA) is 43.8 Å². The second-order valence-corrected chi connectivity index (χ2v) is 7.24. The Kier molecular flexibility index (Phi) is 6.13. The van der Waals surface area contributed by atoms with E-state index in [2.05, 4.69) is 9.80 Å². The maximum atomic E-state index is 12.7. The fourth-order valence-electron chi connectivity index (χ4n) is 4.07. The van der Waals surface area contributed by atoms with Crippen molar-refractivity contribution >= 4 is 5.91 Å². The predicted molar refractivity (Wildman–Crippen MR) is 96.1 cm³/mol. The number of phenols is 1. The highest BCUT2D eigenvalue weighted by atomic mass is 16.3. The van der Waals surface area contributed by atoms with Gasteiger partial charge in [0.05, 0.1) is 0 Å². The summed E-state index contributed by atoms with van der Waals surface area (Å²) in [6.07, 6.45) is 8.59. The lowest BCUT2D eigenvalue weighted by Gasteiger charge is -2.37. The molecule has 0 bridgehead atoms. The molecule has 2 heterocycles. The molecule has 0 saturated carbocycles. The van der Waals surface area contributed by atoms with Gasteiger partial charge in [0.25, 0.3) is 0 Å². The van der Waals surface area contributed by atoms with E-state index in [1.54, 1.807) is 12.1 Å². The van der Waals surface area contributed by atoms with E-state index in [0.717, 1.165) is 37.9 Å². The van der Waals surface area contributed by atoms with Crippen molar-refractivity contribution in [3.05, 3.63) is 29.8 Å². The van der Waals surface area contributed by atoms with Crippen LogP contribution in [0.4, 0.5) is 0 Å². The van der Waals surface area contributed by atoms with Gasteiger partial charge >= 0.3 is 0 Å². The smallest absolute Gasteiger partial charge is 0.223 e. The highest BCUT2D eigenvalue weighted by Crippen LogP contribution is 2.22. The van der Waals surface area contributed by atoms with Crippen LogP contribution in [0.15, 0.2) is 24.3 Å². The van der Waals surface area contributed by atoms with Crippen LogP contribution in [-0.2, 0) is 11.2 Å². The Morgan fingerprint density at radius 3 is 2.71 bits per heavy atom. The van der Waals surface area contributed by atoms with Crippen LogP contribution in [0.2, 0.25) is 0 Å². The average Bonchev–Trinajstić information content (AvgIpc) is 3.12. The molecule has 1 N–H and O–H groups in total. The van der Waals surface area contributed by atoms with E-state index in [4.69, 9.17) is 0 Å². The molecule has 0 aliphatic carbocycles. The van der Waals surface area contributed by atoms with Gasteiger partial charge in [0, 0.05) is 25.6 Å². The Morgan fingerprint density at radius 2 is 1.92 bits per heavy atom. The maximum Gasteiger partial charge on any atom is 0.223 e. The normalized spacial score (nSPS) is 22.0. The minimum atomic E-state index is 0.279. The third-order valence-electron chi connectivity index (χ3n) is 5.46. The monoisotopic (exact) mass is 330 g/mol. The summed E-state index contributed by atoms with van der Waals surface area (Å²) in [5, 5.41) is 9.54. The van der Waals surface area contributed by atoms with Gasteiger partial charge in [-0.25, -0.2) is 0 Å². The highest BCUT2D eigenvalue weighted by molar-refractivity contribution is 5.77. The highest BCUT2D eigenvalue weighted by Gasteiger charge is 2.27. The largest absolute Gasteiger partial charge is 0.508 e. The molecule has 132 valence electrons. The number of likely N-dealkylation sites (tertiary alicyclic amines) is 2. The van der Waals surface area contributed by atoms with Gasteiger partial charge in [0.2, 0.25) is 5.91 Å². The quantitative estimate of drug-likeness (QED) is 0.871. The summed E-state index contributed by atoms with van der Waals surface area (Å²) in [5.74, 6) is 0.561. The molecule has 24 heavy (non-hydrogen) atoms. The van der Waals surface area contributed by atoms with Crippen molar-refractivity contribution in [2.45, 2.75) is 57.4 Å². The van der Waals surface area contributed by atoms with Gasteiger partial charge in [-0.05, 0) is 75.7 Å². The van der Waals surface area contributed by atoms with Gasteiger partial charge in [-0.1, -0.05) is 12.1 Å². The summed E-state index contributed by atoms with van der Waals surface area (Å²) >= 11 is 0. The van der Waals surface area contributed by atoms with E-state index in [1.165, 1.54) is 32.4 Å². The molecule has 3 rings (SSSR count). The molecule has 2 aliphatic rings. The van der Waals surface area contributed by atoms with Gasteiger partial charge in [0.1, 0.15) is 5.75 Å². The Bertz CT molecular complexity index is 540. The molecule has 0 radical (unpaired) electrons. The van der Waals surface area contributed by atoms with Crippen molar-refractivity contribution in [2.24, 2.45) is 0 Å². The van der Waals surface area contributed by atoms with Crippen LogP contribution in [0.25, 0.3) is 0 Å². The van der Waals surface area contributed by atoms with E-state index in [0.29, 0.717) is 18.9 Å². The SMILES string of the molecule is O=C(CCc1cccc(O)c1)N1CCCCC1CCN1CCCC1. The second kappa shape index (κ2) is 8.52. The number of carbonyl (C=O) groups excluding carboxylic acids is 1. The zero-order chi connectivity index (χ0) is 16.8. The molecule has 4 heteroatoms. The zero-order valence-electron chi connectivity index (χ0n) is 14.6. The molecule has 4 nitrogen and oxygen atoms in total. The number of carbonyl (C=O) groups is 1. The van der Waals surface area contributed by atoms with Crippen LogP contribution in [0.5, 0.6) is 5.75 Å². The Labute approximate surface area is 145 Å². The van der Waals surface area contributed by atoms with E-state index < -0.39 is 0 Å². The molecule has 2 aliphatic heterocycles. The van der Waals surface area contributed by atoms with Gasteiger partial charge in [-0.15, -0.1) is 0 Å². The molecule has 1 aromatic rings. The van der Waals surface area contributed by atoms with Crippen LogP contribution in [-0.4, -0.2) is 53.0 Å². The van der Waals surface area contributed by atoms with Gasteiger partial charge in [-0.2, -0.15) is 0 Å².